The molecule has 5 nitrogen and oxygen atoms in total. The molecule has 6 heteroatoms. The van der Waals surface area contributed by atoms with Crippen LogP contribution in [0.25, 0.3) is 10.9 Å². The second kappa shape index (κ2) is 6.98. The normalized spacial score (nSPS) is 20.2. The number of H-pyrrole nitrogens is 1. The van der Waals surface area contributed by atoms with Gasteiger partial charge in [-0.1, -0.05) is 47.5 Å². The van der Waals surface area contributed by atoms with Crippen LogP contribution < -0.4 is 4.90 Å². The van der Waals surface area contributed by atoms with Gasteiger partial charge >= 0.3 is 0 Å². The first-order valence-electron chi connectivity index (χ1n) is 10.5. The standard InChI is InChI=1S/C24H24BrN3O2/c1-3-4-12-27-21-10-9-16(25)14-19(21)24(23(27)30)22-18(11-13-28(24)15(2)29)17-7-5-6-8-20(17)26-22/h5-10,14,26H,3-4,11-13H2,1-2H3/t24-/m1/s1. The van der Waals surface area contributed by atoms with E-state index in [0.717, 1.165) is 57.1 Å². The molecule has 0 saturated carbocycles. The Morgan fingerprint density at radius 3 is 2.80 bits per heavy atom. The van der Waals surface area contributed by atoms with E-state index < -0.39 is 5.54 Å². The van der Waals surface area contributed by atoms with Crippen LogP contribution in [0.2, 0.25) is 0 Å². The molecule has 0 unspecified atom stereocenters. The topological polar surface area (TPSA) is 56.4 Å². The Kier molecular flexibility index (Phi) is 4.51. The molecule has 1 aromatic heterocycles. The number of halogens is 1. The minimum Gasteiger partial charge on any atom is -0.355 e. The van der Waals surface area contributed by atoms with Crippen molar-refractivity contribution in [1.82, 2.24) is 9.88 Å². The number of nitrogens with one attached hydrogen (secondary N) is 1. The van der Waals surface area contributed by atoms with Gasteiger partial charge in [0.15, 0.2) is 5.54 Å². The lowest BCUT2D eigenvalue weighted by atomic mass is 9.80. The molecule has 1 atom stereocenters. The number of amides is 2. The molecule has 0 radical (unpaired) electrons. The molecule has 0 fully saturated rings. The Bertz CT molecular complexity index is 1180. The van der Waals surface area contributed by atoms with Crippen molar-refractivity contribution in [3.05, 3.63) is 63.8 Å². The van der Waals surface area contributed by atoms with Crippen LogP contribution in [0.4, 0.5) is 5.69 Å². The molecule has 2 aromatic carbocycles. The molecule has 0 aliphatic carbocycles. The van der Waals surface area contributed by atoms with Crippen LogP contribution in [0.5, 0.6) is 0 Å². The second-order valence-electron chi connectivity index (χ2n) is 8.13. The van der Waals surface area contributed by atoms with Crippen LogP contribution in [0.3, 0.4) is 0 Å². The number of nitrogens with zero attached hydrogens (tertiary/aromatic N) is 2. The largest absolute Gasteiger partial charge is 0.355 e. The average Bonchev–Trinajstić information content (AvgIpc) is 3.22. The van der Waals surface area contributed by atoms with Gasteiger partial charge in [0.1, 0.15) is 0 Å². The predicted octanol–water partition coefficient (Wildman–Crippen LogP) is 4.73. The molecule has 154 valence electrons. The summed E-state index contributed by atoms with van der Waals surface area (Å²) < 4.78 is 0.900. The molecule has 1 spiro atoms. The Balaban J connectivity index is 1.85. The van der Waals surface area contributed by atoms with Gasteiger partial charge in [0, 0.05) is 41.0 Å². The van der Waals surface area contributed by atoms with E-state index in [1.165, 1.54) is 0 Å². The fourth-order valence-electron chi connectivity index (χ4n) is 5.18. The van der Waals surface area contributed by atoms with Crippen molar-refractivity contribution in [2.24, 2.45) is 0 Å². The van der Waals surface area contributed by atoms with E-state index in [1.807, 2.05) is 41.3 Å². The van der Waals surface area contributed by atoms with Crippen LogP contribution in [0.1, 0.15) is 43.5 Å². The minimum absolute atomic E-state index is 0.0354. The lowest BCUT2D eigenvalue weighted by Gasteiger charge is -2.43. The summed E-state index contributed by atoms with van der Waals surface area (Å²) in [5, 5.41) is 1.13. The van der Waals surface area contributed by atoms with Crippen molar-refractivity contribution in [1.29, 1.82) is 0 Å². The summed E-state index contributed by atoms with van der Waals surface area (Å²) in [6.45, 7) is 4.85. The van der Waals surface area contributed by atoms with Crippen LogP contribution in [0.15, 0.2) is 46.9 Å². The van der Waals surface area contributed by atoms with Gasteiger partial charge in [-0.2, -0.15) is 0 Å². The molecule has 1 N–H and O–H groups in total. The molecular formula is C24H24BrN3O2. The van der Waals surface area contributed by atoms with E-state index in [4.69, 9.17) is 0 Å². The maximum absolute atomic E-state index is 14.2. The summed E-state index contributed by atoms with van der Waals surface area (Å²) in [5.41, 5.74) is 3.61. The summed E-state index contributed by atoms with van der Waals surface area (Å²) in [7, 11) is 0. The third kappa shape index (κ3) is 2.46. The zero-order valence-electron chi connectivity index (χ0n) is 17.2. The SMILES string of the molecule is CCCCN1C(=O)[C@@]2(c3cc(Br)ccc31)c1[nH]c3ccccc3c1CCN2C(C)=O. The van der Waals surface area contributed by atoms with Crippen molar-refractivity contribution in [2.75, 3.05) is 18.0 Å². The van der Waals surface area contributed by atoms with Gasteiger partial charge in [-0.05, 0) is 42.7 Å². The van der Waals surface area contributed by atoms with Crippen molar-refractivity contribution in [2.45, 2.75) is 38.6 Å². The molecule has 30 heavy (non-hydrogen) atoms. The van der Waals surface area contributed by atoms with Gasteiger partial charge < -0.3 is 14.8 Å². The molecule has 2 aliphatic heterocycles. The summed E-state index contributed by atoms with van der Waals surface area (Å²) in [5.74, 6) is -0.123. The number of anilines is 1. The molecule has 2 aliphatic rings. The molecule has 3 aromatic rings. The Morgan fingerprint density at radius 2 is 2.03 bits per heavy atom. The number of fused-ring (bicyclic) bond motifs is 6. The van der Waals surface area contributed by atoms with Crippen LogP contribution >= 0.6 is 15.9 Å². The number of para-hydroxylation sites is 1. The van der Waals surface area contributed by atoms with E-state index in [1.54, 1.807) is 11.8 Å². The van der Waals surface area contributed by atoms with Gasteiger partial charge in [-0.25, -0.2) is 0 Å². The van der Waals surface area contributed by atoms with Crippen LogP contribution in [-0.4, -0.2) is 34.8 Å². The minimum atomic E-state index is -1.15. The number of aromatic nitrogens is 1. The van der Waals surface area contributed by atoms with Crippen LogP contribution in [-0.2, 0) is 21.5 Å². The summed E-state index contributed by atoms with van der Waals surface area (Å²) in [4.78, 5) is 34.3. The zero-order valence-corrected chi connectivity index (χ0v) is 18.8. The fraction of sp³-hybridized carbons (Fsp3) is 0.333. The van der Waals surface area contributed by atoms with E-state index in [0.29, 0.717) is 13.1 Å². The van der Waals surface area contributed by atoms with Crippen molar-refractivity contribution >= 4 is 44.3 Å². The van der Waals surface area contributed by atoms with Crippen molar-refractivity contribution in [3.63, 3.8) is 0 Å². The van der Waals surface area contributed by atoms with Gasteiger partial charge in [0.2, 0.25) is 5.91 Å². The summed E-state index contributed by atoms with van der Waals surface area (Å²) in [6, 6.07) is 14.1. The van der Waals surface area contributed by atoms with E-state index in [-0.39, 0.29) is 11.8 Å². The van der Waals surface area contributed by atoms with Gasteiger partial charge in [0.25, 0.3) is 5.91 Å². The lowest BCUT2D eigenvalue weighted by Crippen LogP contribution is -2.58. The molecule has 2 amide bonds. The Hall–Kier alpha value is -2.60. The highest BCUT2D eigenvalue weighted by Gasteiger charge is 2.60. The quantitative estimate of drug-likeness (QED) is 0.607. The monoisotopic (exact) mass is 465 g/mol. The molecular weight excluding hydrogens is 442 g/mol. The first-order valence-corrected chi connectivity index (χ1v) is 11.3. The Morgan fingerprint density at radius 1 is 1.23 bits per heavy atom. The number of carbonyl (C=O) groups is 2. The number of carbonyl (C=O) groups excluding carboxylic acids is 2. The lowest BCUT2D eigenvalue weighted by molar-refractivity contribution is -0.143. The first kappa shape index (κ1) is 19.4. The number of hydrogen-bond acceptors (Lipinski definition) is 2. The third-order valence-corrected chi connectivity index (χ3v) is 6.97. The molecule has 3 heterocycles. The Labute approximate surface area is 184 Å². The smallest absolute Gasteiger partial charge is 0.263 e. The maximum Gasteiger partial charge on any atom is 0.263 e. The molecule has 0 bridgehead atoms. The van der Waals surface area contributed by atoms with Gasteiger partial charge in [-0.15, -0.1) is 0 Å². The summed E-state index contributed by atoms with van der Waals surface area (Å²) >= 11 is 3.60. The van der Waals surface area contributed by atoms with Crippen molar-refractivity contribution in [3.8, 4) is 0 Å². The van der Waals surface area contributed by atoms with Crippen molar-refractivity contribution < 1.29 is 9.59 Å². The van der Waals surface area contributed by atoms with Crippen LogP contribution in [0, 0.1) is 0 Å². The van der Waals surface area contributed by atoms with E-state index in [9.17, 15) is 9.59 Å². The highest BCUT2D eigenvalue weighted by atomic mass is 79.9. The number of rotatable bonds is 3. The first-order chi connectivity index (χ1) is 14.5. The maximum atomic E-state index is 14.2. The fourth-order valence-corrected chi connectivity index (χ4v) is 5.54. The van der Waals surface area contributed by atoms with E-state index in [2.05, 4.69) is 33.9 Å². The number of unbranched alkanes of at least 4 members (excludes halogenated alkanes) is 1. The highest BCUT2D eigenvalue weighted by molar-refractivity contribution is 9.10. The average molecular weight is 466 g/mol. The highest BCUT2D eigenvalue weighted by Crippen LogP contribution is 2.52. The number of benzene rings is 2. The molecule has 5 rings (SSSR count). The van der Waals surface area contributed by atoms with Gasteiger partial charge in [-0.3, -0.25) is 9.59 Å². The number of aromatic amines is 1. The summed E-state index contributed by atoms with van der Waals surface area (Å²) in [6.07, 6.45) is 2.64. The zero-order chi connectivity index (χ0) is 21.0. The molecule has 0 saturated heterocycles. The predicted molar refractivity (Wildman–Crippen MR) is 122 cm³/mol. The van der Waals surface area contributed by atoms with E-state index >= 15 is 0 Å². The number of hydrogen-bond donors (Lipinski definition) is 1. The third-order valence-electron chi connectivity index (χ3n) is 6.47. The van der Waals surface area contributed by atoms with Gasteiger partial charge in [0.05, 0.1) is 11.4 Å². The second-order valence-corrected chi connectivity index (χ2v) is 9.04.